The third-order valence-corrected chi connectivity index (χ3v) is 7.14. The molecule has 0 spiro atoms. The average molecular weight is 1010 g/mol. The van der Waals surface area contributed by atoms with Crippen molar-refractivity contribution in [1.29, 1.82) is 10.5 Å². The number of carbonyl (C=O) groups is 2. The second-order valence-corrected chi connectivity index (χ2v) is 11.0. The molecular weight excluding hydrogens is 970 g/mol. The summed E-state index contributed by atoms with van der Waals surface area (Å²) in [7, 11) is 2.69. The summed E-state index contributed by atoms with van der Waals surface area (Å²) >= 11 is 4.24. The summed E-state index contributed by atoms with van der Waals surface area (Å²) in [4.78, 5) is 39.0. The molecule has 0 bridgehead atoms. The van der Waals surface area contributed by atoms with E-state index in [1.54, 1.807) is 78.9 Å². The van der Waals surface area contributed by atoms with Crippen LogP contribution in [-0.4, -0.2) is 51.2 Å². The summed E-state index contributed by atoms with van der Waals surface area (Å²) in [6.07, 6.45) is 2.98. The number of ether oxygens (including phenoxy) is 5. The number of hydrogen-bond donors (Lipinski definition) is 1. The van der Waals surface area contributed by atoms with E-state index in [2.05, 4.69) is 68.0 Å². The fraction of sp³-hybridized carbons (Fsp3) is 0.143. The second kappa shape index (κ2) is 26.5. The molecule has 1 N–H and O–H groups in total. The summed E-state index contributed by atoms with van der Waals surface area (Å²) in [5, 5.41) is 26.3. The number of hydrogen-bond acceptors (Lipinski definition) is 14. The Morgan fingerprint density at radius 1 is 0.603 bits per heavy atom. The van der Waals surface area contributed by atoms with Crippen molar-refractivity contribution in [3.63, 3.8) is 0 Å². The van der Waals surface area contributed by atoms with Crippen molar-refractivity contribution in [3.05, 3.63) is 150 Å². The first-order valence-electron chi connectivity index (χ1n) is 16.5. The van der Waals surface area contributed by atoms with E-state index in [4.69, 9.17) is 34.6 Å². The number of phenolic OH excluding ortho intramolecular Hbond substituents is 1. The molecule has 0 radical (unpaired) electrons. The zero-order valence-electron chi connectivity index (χ0n) is 30.7. The number of aromatic nitrogens is 4. The Balaban J connectivity index is 0.000000324. The van der Waals surface area contributed by atoms with Crippen LogP contribution >= 0.6 is 37.2 Å². The predicted molar refractivity (Wildman–Crippen MR) is 232 cm³/mol. The highest BCUT2D eigenvalue weighted by Gasteiger charge is 2.13. The molecule has 58 heavy (non-hydrogen) atoms. The van der Waals surface area contributed by atoms with Gasteiger partial charge in [-0.3, -0.25) is 9.59 Å². The monoisotopic (exact) mass is 1010 g/mol. The van der Waals surface area contributed by atoms with Crippen LogP contribution in [-0.2, 0) is 31.9 Å². The van der Waals surface area contributed by atoms with Gasteiger partial charge in [0.05, 0.1) is 44.3 Å². The molecule has 0 unspecified atom stereocenters. The number of benzene rings is 4. The van der Waals surface area contributed by atoms with Gasteiger partial charge >= 0.3 is 11.9 Å². The van der Waals surface area contributed by atoms with Crippen LogP contribution in [0.5, 0.6) is 40.6 Å². The van der Waals surface area contributed by atoms with Crippen LogP contribution in [0.2, 0.25) is 0 Å². The van der Waals surface area contributed by atoms with Gasteiger partial charge in [0.15, 0.2) is 0 Å². The second-order valence-electron chi connectivity index (χ2n) is 11.0. The summed E-state index contributed by atoms with van der Waals surface area (Å²) in [6, 6.07) is 34.8. The normalized spacial score (nSPS) is 9.29. The smallest absolute Gasteiger partial charge is 0.310 e. The van der Waals surface area contributed by atoms with Crippen molar-refractivity contribution in [3.8, 4) is 52.8 Å². The Hall–Kier alpha value is -6.38. The third-order valence-electron chi connectivity index (χ3n) is 7.14. The van der Waals surface area contributed by atoms with Gasteiger partial charge in [-0.25, -0.2) is 19.9 Å². The number of nitriles is 2. The first kappa shape index (κ1) is 47.8. The van der Waals surface area contributed by atoms with Crippen molar-refractivity contribution in [2.75, 3.05) is 14.2 Å². The maximum atomic E-state index is 11.6. The fourth-order valence-corrected chi connectivity index (χ4v) is 4.43. The number of methoxy groups -OCH3 is 2. The number of rotatable bonds is 10. The van der Waals surface area contributed by atoms with Gasteiger partial charge in [-0.05, 0) is 43.3 Å². The molecule has 6 aromatic rings. The van der Waals surface area contributed by atoms with E-state index in [-0.39, 0.29) is 49.7 Å². The van der Waals surface area contributed by atoms with Crippen LogP contribution in [0.15, 0.2) is 122 Å². The lowest BCUT2D eigenvalue weighted by molar-refractivity contribution is -0.140. The van der Waals surface area contributed by atoms with Crippen molar-refractivity contribution in [2.45, 2.75) is 27.2 Å². The van der Waals surface area contributed by atoms with Gasteiger partial charge in [0, 0.05) is 60.1 Å². The summed E-state index contributed by atoms with van der Waals surface area (Å²) in [5.41, 5.74) is 2.95. The molecule has 0 saturated heterocycles. The lowest BCUT2D eigenvalue weighted by atomic mass is 10.1. The molecular formula is C42H38I2N6O8. The molecule has 0 aliphatic carbocycles. The van der Waals surface area contributed by atoms with Crippen LogP contribution in [0.25, 0.3) is 0 Å². The average Bonchev–Trinajstić information content (AvgIpc) is 3.24. The van der Waals surface area contributed by atoms with E-state index in [0.717, 1.165) is 11.3 Å². The number of para-hydroxylation sites is 4. The van der Waals surface area contributed by atoms with E-state index in [1.165, 1.54) is 39.0 Å². The number of aryl methyl sites for hydroxylation is 1. The minimum Gasteiger partial charge on any atom is -0.507 e. The number of halogens is 2. The van der Waals surface area contributed by atoms with Crippen molar-refractivity contribution in [1.82, 2.24) is 19.9 Å². The molecule has 2 heterocycles. The SMILES string of the molecule is C.COC(=O)Cc1ccccc1Oc1cc(C)ncn1.COC(=O)Cc1ccccc1Oc1cc(Oc2ccccc2C#N)ncn1.II.N#Cc1ccccc1O. The summed E-state index contributed by atoms with van der Waals surface area (Å²) in [5.74, 6) is 1.73. The molecule has 0 fully saturated rings. The predicted octanol–water partition coefficient (Wildman–Crippen LogP) is 9.61. The topological polar surface area (TPSA) is 200 Å². The van der Waals surface area contributed by atoms with E-state index < -0.39 is 0 Å². The number of aromatic hydroxyl groups is 1. The molecule has 6 rings (SSSR count). The number of esters is 2. The first-order valence-corrected chi connectivity index (χ1v) is 22.8. The number of carbonyl (C=O) groups excluding carboxylic acids is 2. The zero-order valence-corrected chi connectivity index (χ0v) is 35.0. The molecule has 14 nitrogen and oxygen atoms in total. The molecule has 0 aliphatic heterocycles. The fourth-order valence-electron chi connectivity index (χ4n) is 4.43. The molecule has 4 aromatic carbocycles. The van der Waals surface area contributed by atoms with Crippen LogP contribution in [0, 0.1) is 29.6 Å². The zero-order chi connectivity index (χ0) is 41.4. The van der Waals surface area contributed by atoms with Gasteiger partial charge in [-0.2, -0.15) is 10.5 Å². The highest BCUT2D eigenvalue weighted by molar-refractivity contribution is 15.0. The van der Waals surface area contributed by atoms with Gasteiger partial charge < -0.3 is 28.8 Å². The highest BCUT2D eigenvalue weighted by Crippen LogP contribution is 2.29. The van der Waals surface area contributed by atoms with Gasteiger partial charge in [0.1, 0.15) is 47.8 Å². The number of phenols is 1. The minimum atomic E-state index is -0.370. The third kappa shape index (κ3) is 16.0. The standard InChI is InChI=1S/C20H15N3O4.C14H14N2O3.C7H5NO.CH4.I2/c1-25-20(24)10-14-6-2-4-8-16(14)26-18-11-19(23-13-22-18)27-17-9-5-3-7-15(17)12-21;1-10-7-13(16-9-15-10)19-12-6-4-3-5-11(12)8-14(17)18-2;8-5-6-3-1-2-4-7(6)9;;1-2/h2-9,11,13H,10H2,1H3;3-7,9H,8H2,1-2H3;1-4,9H;1H4;. The molecule has 0 atom stereocenters. The summed E-state index contributed by atoms with van der Waals surface area (Å²) in [6.45, 7) is 1.86. The lowest BCUT2D eigenvalue weighted by Gasteiger charge is -2.11. The lowest BCUT2D eigenvalue weighted by Crippen LogP contribution is -2.05. The van der Waals surface area contributed by atoms with Crippen molar-refractivity contribution < 1.29 is 38.4 Å². The Bertz CT molecular complexity index is 2320. The van der Waals surface area contributed by atoms with Gasteiger partial charge in [-0.1, -0.05) is 68.1 Å². The van der Waals surface area contributed by atoms with Gasteiger partial charge in [0.25, 0.3) is 0 Å². The van der Waals surface area contributed by atoms with Crippen molar-refractivity contribution >= 4 is 49.2 Å². The van der Waals surface area contributed by atoms with Crippen molar-refractivity contribution in [2.24, 2.45) is 0 Å². The van der Waals surface area contributed by atoms with E-state index in [1.807, 2.05) is 31.2 Å². The van der Waals surface area contributed by atoms with Crippen LogP contribution in [0.1, 0.15) is 35.4 Å². The van der Waals surface area contributed by atoms with Gasteiger partial charge in [0.2, 0.25) is 17.6 Å². The van der Waals surface area contributed by atoms with Crippen LogP contribution in [0.4, 0.5) is 0 Å². The van der Waals surface area contributed by atoms with E-state index in [9.17, 15) is 9.59 Å². The molecule has 16 heteroatoms. The maximum Gasteiger partial charge on any atom is 0.310 e. The molecule has 0 amide bonds. The van der Waals surface area contributed by atoms with Crippen LogP contribution < -0.4 is 14.2 Å². The summed E-state index contributed by atoms with van der Waals surface area (Å²) < 4.78 is 26.5. The highest BCUT2D eigenvalue weighted by atomic mass is 128. The largest absolute Gasteiger partial charge is 0.507 e. The Morgan fingerprint density at radius 2 is 1.00 bits per heavy atom. The molecule has 0 aliphatic rings. The molecule has 2 aromatic heterocycles. The Labute approximate surface area is 359 Å². The number of nitrogens with zero attached hydrogens (tertiary/aromatic N) is 6. The Morgan fingerprint density at radius 3 is 1.45 bits per heavy atom. The van der Waals surface area contributed by atoms with E-state index in [0.29, 0.717) is 39.8 Å². The quantitative estimate of drug-likeness (QED) is 0.100. The molecule has 298 valence electrons. The van der Waals surface area contributed by atoms with E-state index >= 15 is 0 Å². The minimum absolute atomic E-state index is 0. The maximum absolute atomic E-state index is 11.6. The molecule has 0 saturated carbocycles. The first-order chi connectivity index (χ1) is 27.7. The van der Waals surface area contributed by atoms with Crippen LogP contribution in [0.3, 0.4) is 0 Å². The Kier molecular flexibility index (Phi) is 21.8. The van der Waals surface area contributed by atoms with Gasteiger partial charge in [-0.15, -0.1) is 0 Å².